The number of rotatable bonds is 6. The van der Waals surface area contributed by atoms with Crippen molar-refractivity contribution in [2.75, 3.05) is 6.61 Å². The van der Waals surface area contributed by atoms with Crippen molar-refractivity contribution in [3.63, 3.8) is 0 Å². The Kier molecular flexibility index (Phi) is 4.94. The van der Waals surface area contributed by atoms with Gasteiger partial charge >= 0.3 is 5.97 Å². The van der Waals surface area contributed by atoms with E-state index in [1.807, 2.05) is 0 Å². The summed E-state index contributed by atoms with van der Waals surface area (Å²) < 4.78 is 18.7. The second kappa shape index (κ2) is 6.48. The van der Waals surface area contributed by atoms with Gasteiger partial charge in [0.05, 0.1) is 6.61 Å². The lowest BCUT2D eigenvalue weighted by Gasteiger charge is -2.08. The van der Waals surface area contributed by atoms with Gasteiger partial charge in [-0.25, -0.2) is 9.18 Å². The first kappa shape index (κ1) is 13.0. The second-order valence-corrected chi connectivity index (χ2v) is 3.26. The molecule has 0 saturated heterocycles. The SMILES string of the molecule is C=CCCOc1c(F)cccc1/C=C/C(=O)O. The maximum absolute atomic E-state index is 13.5. The molecule has 0 unspecified atom stereocenters. The molecule has 1 N–H and O–H groups in total. The molecule has 0 saturated carbocycles. The van der Waals surface area contributed by atoms with E-state index in [2.05, 4.69) is 6.58 Å². The van der Waals surface area contributed by atoms with Gasteiger partial charge in [0, 0.05) is 11.6 Å². The number of carbonyl (C=O) groups is 1. The third-order valence-electron chi connectivity index (χ3n) is 1.97. The Morgan fingerprint density at radius 2 is 2.29 bits per heavy atom. The van der Waals surface area contributed by atoms with Gasteiger partial charge in [-0.2, -0.15) is 0 Å². The van der Waals surface area contributed by atoms with Crippen LogP contribution in [0.15, 0.2) is 36.9 Å². The minimum Gasteiger partial charge on any atom is -0.490 e. The van der Waals surface area contributed by atoms with Crippen LogP contribution in [0.5, 0.6) is 5.75 Å². The number of carboxylic acid groups (broad SMARTS) is 1. The topological polar surface area (TPSA) is 46.5 Å². The van der Waals surface area contributed by atoms with Gasteiger partial charge in [0.2, 0.25) is 0 Å². The van der Waals surface area contributed by atoms with Gasteiger partial charge in [-0.1, -0.05) is 18.2 Å². The summed E-state index contributed by atoms with van der Waals surface area (Å²) in [6, 6.07) is 4.35. The van der Waals surface area contributed by atoms with E-state index in [4.69, 9.17) is 9.84 Å². The van der Waals surface area contributed by atoms with Gasteiger partial charge in [-0.05, 0) is 18.6 Å². The Hall–Kier alpha value is -2.10. The molecule has 0 heterocycles. The molecule has 0 bridgehead atoms. The van der Waals surface area contributed by atoms with Crippen molar-refractivity contribution in [1.82, 2.24) is 0 Å². The molecule has 0 aliphatic carbocycles. The van der Waals surface area contributed by atoms with E-state index in [-0.39, 0.29) is 5.75 Å². The highest BCUT2D eigenvalue weighted by molar-refractivity contribution is 5.85. The van der Waals surface area contributed by atoms with E-state index in [9.17, 15) is 9.18 Å². The highest BCUT2D eigenvalue weighted by atomic mass is 19.1. The maximum Gasteiger partial charge on any atom is 0.328 e. The van der Waals surface area contributed by atoms with Crippen LogP contribution in [0.4, 0.5) is 4.39 Å². The molecule has 0 fully saturated rings. The average Bonchev–Trinajstić information content (AvgIpc) is 2.29. The molecule has 0 radical (unpaired) electrons. The summed E-state index contributed by atoms with van der Waals surface area (Å²) in [5.41, 5.74) is 0.400. The van der Waals surface area contributed by atoms with Crippen LogP contribution in [0.2, 0.25) is 0 Å². The fourth-order valence-corrected chi connectivity index (χ4v) is 1.21. The predicted octanol–water partition coefficient (Wildman–Crippen LogP) is 2.88. The first-order valence-electron chi connectivity index (χ1n) is 5.08. The quantitative estimate of drug-likeness (QED) is 0.469. The molecule has 0 aliphatic rings. The van der Waals surface area contributed by atoms with Crippen LogP contribution in [-0.2, 0) is 4.79 Å². The summed E-state index contributed by atoms with van der Waals surface area (Å²) in [6.45, 7) is 3.83. The van der Waals surface area contributed by atoms with Gasteiger partial charge < -0.3 is 9.84 Å². The zero-order valence-corrected chi connectivity index (χ0v) is 9.23. The number of benzene rings is 1. The summed E-state index contributed by atoms with van der Waals surface area (Å²) in [7, 11) is 0. The molecule has 17 heavy (non-hydrogen) atoms. The third-order valence-corrected chi connectivity index (χ3v) is 1.97. The standard InChI is InChI=1S/C13H13FO3/c1-2-3-9-17-13-10(7-8-12(15)16)5-4-6-11(13)14/h2,4-8H,1,3,9H2,(H,15,16)/b8-7+. The number of hydrogen-bond acceptors (Lipinski definition) is 2. The van der Waals surface area contributed by atoms with Crippen molar-refractivity contribution < 1.29 is 19.0 Å². The van der Waals surface area contributed by atoms with E-state index in [1.54, 1.807) is 12.1 Å². The highest BCUT2D eigenvalue weighted by Gasteiger charge is 2.07. The minimum atomic E-state index is -1.09. The van der Waals surface area contributed by atoms with Crippen LogP contribution in [0.3, 0.4) is 0 Å². The number of para-hydroxylation sites is 1. The molecule has 0 atom stereocenters. The second-order valence-electron chi connectivity index (χ2n) is 3.26. The minimum absolute atomic E-state index is 0.0619. The monoisotopic (exact) mass is 236 g/mol. The van der Waals surface area contributed by atoms with Crippen molar-refractivity contribution in [3.05, 3.63) is 48.3 Å². The number of carboxylic acids is 1. The lowest BCUT2D eigenvalue weighted by atomic mass is 10.2. The molecule has 0 spiro atoms. The Balaban J connectivity index is 2.91. The first-order valence-corrected chi connectivity index (χ1v) is 5.08. The fraction of sp³-hybridized carbons (Fsp3) is 0.154. The molecule has 0 amide bonds. The average molecular weight is 236 g/mol. The maximum atomic E-state index is 13.5. The number of hydrogen-bond donors (Lipinski definition) is 1. The summed E-state index contributed by atoms with van der Waals surface area (Å²) in [4.78, 5) is 10.4. The molecular weight excluding hydrogens is 223 g/mol. The summed E-state index contributed by atoms with van der Waals surface area (Å²) in [6.07, 6.45) is 4.49. The number of halogens is 1. The normalized spacial score (nSPS) is 10.4. The van der Waals surface area contributed by atoms with Crippen LogP contribution >= 0.6 is 0 Å². The van der Waals surface area contributed by atoms with E-state index >= 15 is 0 Å². The van der Waals surface area contributed by atoms with Crippen molar-refractivity contribution >= 4 is 12.0 Å². The van der Waals surface area contributed by atoms with E-state index in [0.29, 0.717) is 18.6 Å². The van der Waals surface area contributed by atoms with E-state index in [0.717, 1.165) is 6.08 Å². The van der Waals surface area contributed by atoms with Crippen molar-refractivity contribution in [2.24, 2.45) is 0 Å². The Bertz CT molecular complexity index is 438. The van der Waals surface area contributed by atoms with Gasteiger partial charge in [-0.3, -0.25) is 0 Å². The molecule has 0 aliphatic heterocycles. The lowest BCUT2D eigenvalue weighted by molar-refractivity contribution is -0.131. The molecule has 4 heteroatoms. The molecule has 0 aromatic heterocycles. The fourth-order valence-electron chi connectivity index (χ4n) is 1.21. The molecule has 1 aromatic rings. The zero-order chi connectivity index (χ0) is 12.7. The number of ether oxygens (including phenoxy) is 1. The van der Waals surface area contributed by atoms with E-state index < -0.39 is 11.8 Å². The largest absolute Gasteiger partial charge is 0.490 e. The highest BCUT2D eigenvalue weighted by Crippen LogP contribution is 2.24. The lowest BCUT2D eigenvalue weighted by Crippen LogP contribution is -2.00. The van der Waals surface area contributed by atoms with E-state index in [1.165, 1.54) is 18.2 Å². The van der Waals surface area contributed by atoms with Gasteiger partial charge in [0.15, 0.2) is 11.6 Å². The Morgan fingerprint density at radius 1 is 1.53 bits per heavy atom. The van der Waals surface area contributed by atoms with Gasteiger partial charge in [0.1, 0.15) is 0 Å². The van der Waals surface area contributed by atoms with Crippen LogP contribution in [0.1, 0.15) is 12.0 Å². The van der Waals surface area contributed by atoms with Crippen LogP contribution in [0.25, 0.3) is 6.08 Å². The van der Waals surface area contributed by atoms with Crippen molar-refractivity contribution in [2.45, 2.75) is 6.42 Å². The zero-order valence-electron chi connectivity index (χ0n) is 9.23. The van der Waals surface area contributed by atoms with Crippen LogP contribution in [-0.4, -0.2) is 17.7 Å². The predicted molar refractivity (Wildman–Crippen MR) is 63.4 cm³/mol. The third kappa shape index (κ3) is 4.10. The van der Waals surface area contributed by atoms with Crippen molar-refractivity contribution in [1.29, 1.82) is 0 Å². The molecule has 1 rings (SSSR count). The van der Waals surface area contributed by atoms with Crippen LogP contribution < -0.4 is 4.74 Å². The molecule has 90 valence electrons. The van der Waals surface area contributed by atoms with Gasteiger partial charge in [0.25, 0.3) is 0 Å². The Labute approximate surface area is 98.8 Å². The summed E-state index contributed by atoms with van der Waals surface area (Å²) >= 11 is 0. The molecule has 1 aromatic carbocycles. The van der Waals surface area contributed by atoms with Crippen molar-refractivity contribution in [3.8, 4) is 5.75 Å². The Morgan fingerprint density at radius 3 is 2.94 bits per heavy atom. The number of aliphatic carboxylic acids is 1. The smallest absolute Gasteiger partial charge is 0.328 e. The van der Waals surface area contributed by atoms with Crippen LogP contribution in [0, 0.1) is 5.82 Å². The van der Waals surface area contributed by atoms with Gasteiger partial charge in [-0.15, -0.1) is 6.58 Å². The summed E-state index contributed by atoms with van der Waals surface area (Å²) in [5.74, 6) is -1.54. The summed E-state index contributed by atoms with van der Waals surface area (Å²) in [5, 5.41) is 8.51. The first-order chi connectivity index (χ1) is 8.15. The molecular formula is C13H13FO3. The molecule has 3 nitrogen and oxygen atoms in total.